The molecule has 2 rings (SSSR count). The van der Waals surface area contributed by atoms with Crippen molar-refractivity contribution in [3.63, 3.8) is 0 Å². The highest BCUT2D eigenvalue weighted by Gasteiger charge is 2.33. The predicted molar refractivity (Wildman–Crippen MR) is 88.1 cm³/mol. The Morgan fingerprint density at radius 3 is 2.62 bits per heavy atom. The van der Waals surface area contributed by atoms with Crippen LogP contribution in [0.15, 0.2) is 66.8 Å². The topological polar surface area (TPSA) is 20.3 Å². The maximum Gasteiger partial charge on any atom is 0.136 e. The summed E-state index contributed by atoms with van der Waals surface area (Å²) < 4.78 is 0. The molecule has 0 bridgehead atoms. The van der Waals surface area contributed by atoms with Crippen molar-refractivity contribution in [2.45, 2.75) is 31.8 Å². The van der Waals surface area contributed by atoms with E-state index in [1.807, 2.05) is 31.2 Å². The van der Waals surface area contributed by atoms with Gasteiger partial charge in [0.25, 0.3) is 0 Å². The second kappa shape index (κ2) is 7.19. The molecule has 0 amide bonds. The van der Waals surface area contributed by atoms with Gasteiger partial charge in [-0.25, -0.2) is 0 Å². The zero-order valence-corrected chi connectivity index (χ0v) is 12.8. The summed E-state index contributed by atoms with van der Waals surface area (Å²) in [5, 5.41) is 0. The van der Waals surface area contributed by atoms with Crippen molar-refractivity contribution in [2.75, 3.05) is 7.05 Å². The minimum Gasteiger partial charge on any atom is -0.300 e. The van der Waals surface area contributed by atoms with Crippen LogP contribution in [0.25, 0.3) is 0 Å². The number of rotatable bonds is 4. The van der Waals surface area contributed by atoms with Gasteiger partial charge in [0.05, 0.1) is 0 Å². The Morgan fingerprint density at radius 2 is 2.00 bits per heavy atom. The van der Waals surface area contributed by atoms with Gasteiger partial charge in [-0.15, -0.1) is 0 Å². The zero-order valence-electron chi connectivity index (χ0n) is 12.8. The van der Waals surface area contributed by atoms with E-state index in [2.05, 4.69) is 42.8 Å². The highest BCUT2D eigenvalue weighted by atomic mass is 16.1. The van der Waals surface area contributed by atoms with Gasteiger partial charge in [-0.1, -0.05) is 61.2 Å². The van der Waals surface area contributed by atoms with E-state index in [4.69, 9.17) is 0 Å². The Labute approximate surface area is 127 Å². The van der Waals surface area contributed by atoms with Crippen LogP contribution in [0.2, 0.25) is 0 Å². The molecule has 21 heavy (non-hydrogen) atoms. The van der Waals surface area contributed by atoms with Crippen molar-refractivity contribution in [2.24, 2.45) is 0 Å². The summed E-state index contributed by atoms with van der Waals surface area (Å²) in [6.07, 6.45) is 9.01. The van der Waals surface area contributed by atoms with E-state index in [1.54, 1.807) is 6.08 Å². The lowest BCUT2D eigenvalue weighted by Crippen LogP contribution is -2.43. The van der Waals surface area contributed by atoms with Crippen molar-refractivity contribution in [1.82, 2.24) is 4.90 Å². The van der Waals surface area contributed by atoms with E-state index in [0.717, 1.165) is 0 Å². The number of likely N-dealkylation sites (tertiary alicyclic amines) is 1. The van der Waals surface area contributed by atoms with Crippen molar-refractivity contribution >= 4 is 5.78 Å². The average Bonchev–Trinajstić information content (AvgIpc) is 2.51. The Balaban J connectivity index is 2.29. The molecule has 1 aliphatic heterocycles. The standard InChI is InChI=1S/C19H23NO/c1-4-6-10-15(5-2)18-13-17(21)14-19(20(18)3)16-11-8-7-9-12-16/h4-12,18-19H,1,13-14H2,2-3H3/b10-6-,15-5+. The maximum atomic E-state index is 12.2. The first kappa shape index (κ1) is 15.5. The molecular formula is C19H23NO. The van der Waals surface area contributed by atoms with Crippen LogP contribution in [-0.2, 0) is 4.79 Å². The fourth-order valence-electron chi connectivity index (χ4n) is 2.98. The molecule has 1 fully saturated rings. The molecule has 0 saturated carbocycles. The van der Waals surface area contributed by atoms with Crippen LogP contribution >= 0.6 is 0 Å². The number of hydrogen-bond acceptors (Lipinski definition) is 2. The van der Waals surface area contributed by atoms with Crippen LogP contribution in [0.3, 0.4) is 0 Å². The molecule has 1 saturated heterocycles. The number of benzene rings is 1. The number of allylic oxidation sites excluding steroid dienone is 3. The molecule has 1 aliphatic rings. The fraction of sp³-hybridized carbons (Fsp3) is 0.316. The number of nitrogens with zero attached hydrogens (tertiary/aromatic N) is 1. The lowest BCUT2D eigenvalue weighted by molar-refractivity contribution is -0.124. The van der Waals surface area contributed by atoms with E-state index in [9.17, 15) is 4.79 Å². The molecule has 0 aliphatic carbocycles. The lowest BCUT2D eigenvalue weighted by Gasteiger charge is -2.39. The first-order valence-corrected chi connectivity index (χ1v) is 7.41. The molecule has 0 spiro atoms. The highest BCUT2D eigenvalue weighted by Crippen LogP contribution is 2.34. The lowest BCUT2D eigenvalue weighted by atomic mass is 9.87. The molecule has 0 radical (unpaired) electrons. The second-order valence-corrected chi connectivity index (χ2v) is 5.44. The minimum absolute atomic E-state index is 0.137. The van der Waals surface area contributed by atoms with Crippen molar-refractivity contribution < 1.29 is 4.79 Å². The van der Waals surface area contributed by atoms with Crippen LogP contribution in [0.5, 0.6) is 0 Å². The monoisotopic (exact) mass is 281 g/mol. The Bertz CT molecular complexity index is 556. The summed E-state index contributed by atoms with van der Waals surface area (Å²) in [5.74, 6) is 0.332. The molecule has 1 aromatic carbocycles. The van der Waals surface area contributed by atoms with E-state index < -0.39 is 0 Å². The molecule has 2 atom stereocenters. The summed E-state index contributed by atoms with van der Waals surface area (Å²) >= 11 is 0. The fourth-order valence-corrected chi connectivity index (χ4v) is 2.98. The molecule has 1 aromatic rings. The third-order valence-electron chi connectivity index (χ3n) is 4.15. The molecular weight excluding hydrogens is 258 g/mol. The van der Waals surface area contributed by atoms with E-state index in [-0.39, 0.29) is 12.1 Å². The number of piperidine rings is 1. The molecule has 2 heteroatoms. The van der Waals surface area contributed by atoms with Gasteiger partial charge >= 0.3 is 0 Å². The van der Waals surface area contributed by atoms with Crippen LogP contribution in [0, 0.1) is 0 Å². The Morgan fingerprint density at radius 1 is 1.29 bits per heavy atom. The van der Waals surface area contributed by atoms with Gasteiger partial charge in [0.1, 0.15) is 5.78 Å². The number of ketones is 1. The Hall–Kier alpha value is -1.93. The largest absolute Gasteiger partial charge is 0.300 e. The van der Waals surface area contributed by atoms with Gasteiger partial charge in [0.15, 0.2) is 0 Å². The van der Waals surface area contributed by atoms with Gasteiger partial charge in [-0.05, 0) is 25.1 Å². The maximum absolute atomic E-state index is 12.2. The van der Waals surface area contributed by atoms with Crippen molar-refractivity contribution in [3.05, 3.63) is 72.4 Å². The summed E-state index contributed by atoms with van der Waals surface area (Å²) in [4.78, 5) is 14.5. The number of hydrogen-bond donors (Lipinski definition) is 0. The van der Waals surface area contributed by atoms with Crippen molar-refractivity contribution in [1.29, 1.82) is 0 Å². The van der Waals surface area contributed by atoms with E-state index >= 15 is 0 Å². The summed E-state index contributed by atoms with van der Waals surface area (Å²) in [7, 11) is 2.11. The quantitative estimate of drug-likeness (QED) is 0.775. The van der Waals surface area contributed by atoms with Crippen LogP contribution in [0.4, 0.5) is 0 Å². The normalized spacial score (nSPS) is 24.5. The van der Waals surface area contributed by atoms with Gasteiger partial charge in [0.2, 0.25) is 0 Å². The van der Waals surface area contributed by atoms with E-state index in [0.29, 0.717) is 18.6 Å². The van der Waals surface area contributed by atoms with Gasteiger partial charge in [0, 0.05) is 24.9 Å². The first-order chi connectivity index (χ1) is 10.2. The average molecular weight is 281 g/mol. The number of Topliss-reactive ketones (excluding diaryl/α,β-unsaturated/α-hetero) is 1. The summed E-state index contributed by atoms with van der Waals surface area (Å²) in [6, 6.07) is 10.6. The number of likely N-dealkylation sites (N-methyl/N-ethyl adjacent to an activating group) is 1. The zero-order chi connectivity index (χ0) is 15.2. The predicted octanol–water partition coefficient (Wildman–Crippen LogP) is 4.08. The van der Waals surface area contributed by atoms with Gasteiger partial charge in [-0.2, -0.15) is 0 Å². The summed E-state index contributed by atoms with van der Waals surface area (Å²) in [6.45, 7) is 5.74. The molecule has 110 valence electrons. The van der Waals surface area contributed by atoms with Crippen molar-refractivity contribution in [3.8, 4) is 0 Å². The molecule has 2 nitrogen and oxygen atoms in total. The van der Waals surface area contributed by atoms with Crippen LogP contribution in [-0.4, -0.2) is 23.8 Å². The second-order valence-electron chi connectivity index (χ2n) is 5.44. The molecule has 2 unspecified atom stereocenters. The van der Waals surface area contributed by atoms with Crippen LogP contribution < -0.4 is 0 Å². The summed E-state index contributed by atoms with van der Waals surface area (Å²) in [5.41, 5.74) is 2.38. The molecule has 1 heterocycles. The number of carbonyl (C=O) groups is 1. The third-order valence-corrected chi connectivity index (χ3v) is 4.15. The third kappa shape index (κ3) is 3.59. The van der Waals surface area contributed by atoms with Gasteiger partial charge < -0.3 is 0 Å². The first-order valence-electron chi connectivity index (χ1n) is 7.41. The molecule has 0 N–H and O–H groups in total. The van der Waals surface area contributed by atoms with Crippen LogP contribution in [0.1, 0.15) is 31.4 Å². The Kier molecular flexibility index (Phi) is 5.29. The highest BCUT2D eigenvalue weighted by molar-refractivity contribution is 5.81. The SMILES string of the molecule is C=C/C=C\C(=C/C)C1CC(=O)CC(c2ccccc2)N1C. The number of carbonyl (C=O) groups excluding carboxylic acids is 1. The van der Waals surface area contributed by atoms with Gasteiger partial charge in [-0.3, -0.25) is 9.69 Å². The minimum atomic E-state index is 0.137. The van der Waals surface area contributed by atoms with E-state index in [1.165, 1.54) is 11.1 Å². The molecule has 0 aromatic heterocycles. The smallest absolute Gasteiger partial charge is 0.136 e.